The van der Waals surface area contributed by atoms with E-state index in [0.717, 1.165) is 22.3 Å². The number of benzene rings is 2. The van der Waals surface area contributed by atoms with Crippen LogP contribution in [0.1, 0.15) is 34.0 Å². The summed E-state index contributed by atoms with van der Waals surface area (Å²) in [6, 6.07) is 13.6. The Labute approximate surface area is 186 Å². The van der Waals surface area contributed by atoms with Crippen LogP contribution in [0.4, 0.5) is 5.00 Å². The van der Waals surface area contributed by atoms with Crippen molar-refractivity contribution < 1.29 is 19.1 Å². The van der Waals surface area contributed by atoms with Crippen LogP contribution in [0.25, 0.3) is 17.2 Å². The topological polar surface area (TPSA) is 64.6 Å². The van der Waals surface area contributed by atoms with E-state index in [0.29, 0.717) is 21.9 Å². The van der Waals surface area contributed by atoms with Gasteiger partial charge in [0.05, 0.1) is 13.7 Å². The molecular formula is C25H25NO4S. The van der Waals surface area contributed by atoms with E-state index < -0.39 is 5.97 Å². The van der Waals surface area contributed by atoms with Gasteiger partial charge in [0.2, 0.25) is 5.91 Å². The van der Waals surface area contributed by atoms with E-state index in [9.17, 15) is 9.59 Å². The van der Waals surface area contributed by atoms with Gasteiger partial charge in [-0.1, -0.05) is 41.5 Å². The second kappa shape index (κ2) is 10.1. The first-order chi connectivity index (χ1) is 14.9. The molecule has 0 saturated carbocycles. The number of hydrogen-bond acceptors (Lipinski definition) is 5. The summed E-state index contributed by atoms with van der Waals surface area (Å²) < 4.78 is 10.8. The van der Waals surface area contributed by atoms with Gasteiger partial charge in [-0.25, -0.2) is 4.79 Å². The normalized spacial score (nSPS) is 10.8. The molecule has 1 aromatic heterocycles. The molecule has 0 radical (unpaired) electrons. The minimum Gasteiger partial charge on any atom is -0.496 e. The maximum Gasteiger partial charge on any atom is 0.341 e. The average Bonchev–Trinajstić information content (AvgIpc) is 3.16. The highest BCUT2D eigenvalue weighted by Gasteiger charge is 2.24. The van der Waals surface area contributed by atoms with Crippen LogP contribution in [0.5, 0.6) is 5.75 Å². The van der Waals surface area contributed by atoms with Gasteiger partial charge in [0, 0.05) is 22.6 Å². The van der Waals surface area contributed by atoms with Crippen molar-refractivity contribution in [1.29, 1.82) is 0 Å². The lowest BCUT2D eigenvalue weighted by Gasteiger charge is -2.11. The molecule has 0 aliphatic rings. The Bertz CT molecular complexity index is 1110. The molecule has 1 amide bonds. The number of thiophene rings is 1. The third-order valence-corrected chi connectivity index (χ3v) is 5.55. The summed E-state index contributed by atoms with van der Waals surface area (Å²) in [5.74, 6) is -0.165. The molecule has 0 spiro atoms. The predicted octanol–water partition coefficient (Wildman–Crippen LogP) is 5.87. The van der Waals surface area contributed by atoms with Gasteiger partial charge in [0.15, 0.2) is 0 Å². The average molecular weight is 436 g/mol. The van der Waals surface area contributed by atoms with Gasteiger partial charge in [-0.3, -0.25) is 4.79 Å². The highest BCUT2D eigenvalue weighted by molar-refractivity contribution is 7.15. The molecule has 1 heterocycles. The molecule has 3 aromatic rings. The Kier molecular flexibility index (Phi) is 7.26. The lowest BCUT2D eigenvalue weighted by Crippen LogP contribution is -2.12. The largest absolute Gasteiger partial charge is 0.496 e. The molecule has 1 N–H and O–H groups in total. The number of ether oxygens (including phenoxy) is 2. The molecule has 0 bridgehead atoms. The van der Waals surface area contributed by atoms with Crippen LogP contribution >= 0.6 is 11.3 Å². The van der Waals surface area contributed by atoms with Crippen molar-refractivity contribution in [3.63, 3.8) is 0 Å². The summed E-state index contributed by atoms with van der Waals surface area (Å²) in [6.45, 7) is 5.96. The monoisotopic (exact) mass is 435 g/mol. The van der Waals surface area contributed by atoms with Gasteiger partial charge in [0.25, 0.3) is 0 Å². The number of hydrogen-bond donors (Lipinski definition) is 1. The summed E-state index contributed by atoms with van der Waals surface area (Å²) in [4.78, 5) is 25.3. The highest BCUT2D eigenvalue weighted by Crippen LogP contribution is 2.40. The zero-order valence-corrected chi connectivity index (χ0v) is 18.8. The molecule has 31 heavy (non-hydrogen) atoms. The van der Waals surface area contributed by atoms with Gasteiger partial charge in [-0.2, -0.15) is 0 Å². The molecule has 0 unspecified atom stereocenters. The van der Waals surface area contributed by atoms with Crippen LogP contribution in [-0.2, 0) is 9.53 Å². The summed E-state index contributed by atoms with van der Waals surface area (Å²) >= 11 is 1.28. The molecule has 6 heteroatoms. The molecule has 2 aromatic carbocycles. The van der Waals surface area contributed by atoms with E-state index in [4.69, 9.17) is 9.47 Å². The lowest BCUT2D eigenvalue weighted by molar-refractivity contribution is -0.111. The Hall–Kier alpha value is -3.38. The first kappa shape index (κ1) is 22.3. The van der Waals surface area contributed by atoms with Gasteiger partial charge < -0.3 is 14.8 Å². The van der Waals surface area contributed by atoms with E-state index in [1.807, 2.05) is 61.7 Å². The number of amides is 1. The molecule has 0 fully saturated rings. The smallest absolute Gasteiger partial charge is 0.341 e. The summed E-state index contributed by atoms with van der Waals surface area (Å²) in [5.41, 5.74) is 4.87. The number of rotatable bonds is 7. The van der Waals surface area contributed by atoms with Crippen LogP contribution in [-0.4, -0.2) is 25.6 Å². The predicted molar refractivity (Wildman–Crippen MR) is 126 cm³/mol. The second-order valence-corrected chi connectivity index (χ2v) is 7.89. The third kappa shape index (κ3) is 5.41. The van der Waals surface area contributed by atoms with Crippen molar-refractivity contribution in [2.75, 3.05) is 19.0 Å². The highest BCUT2D eigenvalue weighted by atomic mass is 32.1. The number of carbonyl (C=O) groups is 2. The van der Waals surface area contributed by atoms with Gasteiger partial charge in [0.1, 0.15) is 16.3 Å². The number of methoxy groups -OCH3 is 1. The van der Waals surface area contributed by atoms with Crippen LogP contribution in [0, 0.1) is 13.8 Å². The standard InChI is InChI=1S/C25H25NO4S/c1-5-30-25(28)23-20(19-14-17(3)8-12-21(19)29-4)15-31-24(23)26-22(27)13-11-18-9-6-16(2)7-10-18/h6-15H,5H2,1-4H3,(H,26,27)/b13-11+. The fourth-order valence-corrected chi connectivity index (χ4v) is 4.04. The fourth-order valence-electron chi connectivity index (χ4n) is 3.09. The molecule has 0 aliphatic heterocycles. The van der Waals surface area contributed by atoms with Gasteiger partial charge in [-0.15, -0.1) is 11.3 Å². The SMILES string of the molecule is CCOC(=O)c1c(-c2cc(C)ccc2OC)csc1NC(=O)/C=C/c1ccc(C)cc1. The number of nitrogens with one attached hydrogen (secondary N) is 1. The minimum atomic E-state index is -0.486. The molecule has 160 valence electrons. The van der Waals surface area contributed by atoms with Crippen molar-refractivity contribution in [2.45, 2.75) is 20.8 Å². The zero-order valence-electron chi connectivity index (χ0n) is 18.0. The van der Waals surface area contributed by atoms with Crippen molar-refractivity contribution in [3.05, 3.63) is 76.2 Å². The number of esters is 1. The van der Waals surface area contributed by atoms with E-state index in [-0.39, 0.29) is 12.5 Å². The zero-order chi connectivity index (χ0) is 22.4. The Balaban J connectivity index is 1.94. The molecular weight excluding hydrogens is 410 g/mol. The molecule has 3 rings (SSSR count). The van der Waals surface area contributed by atoms with E-state index in [2.05, 4.69) is 5.32 Å². The van der Waals surface area contributed by atoms with Crippen molar-refractivity contribution in [2.24, 2.45) is 0 Å². The molecule has 5 nitrogen and oxygen atoms in total. The maximum atomic E-state index is 12.8. The summed E-state index contributed by atoms with van der Waals surface area (Å²) in [6.07, 6.45) is 3.18. The van der Waals surface area contributed by atoms with Crippen LogP contribution < -0.4 is 10.1 Å². The maximum absolute atomic E-state index is 12.8. The van der Waals surface area contributed by atoms with Crippen molar-refractivity contribution >= 4 is 34.3 Å². The Morgan fingerprint density at radius 1 is 1.03 bits per heavy atom. The van der Waals surface area contributed by atoms with E-state index in [1.165, 1.54) is 17.4 Å². The first-order valence-electron chi connectivity index (χ1n) is 9.92. The summed E-state index contributed by atoms with van der Waals surface area (Å²) in [5, 5.41) is 5.10. The number of aryl methyl sites for hydroxylation is 2. The molecule has 0 saturated heterocycles. The van der Waals surface area contributed by atoms with Gasteiger partial charge in [-0.05, 0) is 44.5 Å². The first-order valence-corrected chi connectivity index (χ1v) is 10.8. The number of anilines is 1. The molecule has 0 aliphatic carbocycles. The fraction of sp³-hybridized carbons (Fsp3) is 0.200. The van der Waals surface area contributed by atoms with Crippen LogP contribution in [0.3, 0.4) is 0 Å². The summed E-state index contributed by atoms with van der Waals surface area (Å²) in [7, 11) is 1.59. The second-order valence-electron chi connectivity index (χ2n) is 7.01. The molecule has 0 atom stereocenters. The lowest BCUT2D eigenvalue weighted by atomic mass is 10.0. The van der Waals surface area contributed by atoms with Crippen molar-refractivity contribution in [3.8, 4) is 16.9 Å². The van der Waals surface area contributed by atoms with Crippen LogP contribution in [0.15, 0.2) is 53.9 Å². The van der Waals surface area contributed by atoms with Crippen LogP contribution in [0.2, 0.25) is 0 Å². The van der Waals surface area contributed by atoms with Gasteiger partial charge >= 0.3 is 5.97 Å². The van der Waals surface area contributed by atoms with E-state index in [1.54, 1.807) is 20.1 Å². The number of carbonyl (C=O) groups excluding carboxylic acids is 2. The Morgan fingerprint density at radius 3 is 2.42 bits per heavy atom. The Morgan fingerprint density at radius 2 is 1.74 bits per heavy atom. The third-order valence-electron chi connectivity index (χ3n) is 4.66. The van der Waals surface area contributed by atoms with E-state index >= 15 is 0 Å². The quantitative estimate of drug-likeness (QED) is 0.372. The van der Waals surface area contributed by atoms with Crippen molar-refractivity contribution in [1.82, 2.24) is 0 Å². The minimum absolute atomic E-state index is 0.236.